The number of esters is 1. The second kappa shape index (κ2) is 7.39. The number of ether oxygens (including phenoxy) is 1. The first kappa shape index (κ1) is 16.6. The maximum atomic E-state index is 11.8. The van der Waals surface area contributed by atoms with Crippen LogP contribution >= 0.6 is 31.9 Å². The minimum absolute atomic E-state index is 0.0593. The van der Waals surface area contributed by atoms with Gasteiger partial charge in [-0.25, -0.2) is 14.4 Å². The van der Waals surface area contributed by atoms with E-state index in [1.54, 1.807) is 0 Å². The Balaban J connectivity index is 3.02. The van der Waals surface area contributed by atoms with E-state index in [0.29, 0.717) is 5.33 Å². The van der Waals surface area contributed by atoms with Crippen LogP contribution in [0.15, 0.2) is 18.2 Å². The summed E-state index contributed by atoms with van der Waals surface area (Å²) in [5.41, 5.74) is -0.797. The lowest BCUT2D eigenvalue weighted by Crippen LogP contribution is -2.18. The molecular weight excluding hydrogens is 400 g/mol. The Bertz CT molecular complexity index is 543. The van der Waals surface area contributed by atoms with Crippen molar-refractivity contribution in [3.8, 4) is 0 Å². The lowest BCUT2D eigenvalue weighted by molar-refractivity contribution is 0.0501. The Kier molecular flexibility index (Phi) is 6.15. The van der Waals surface area contributed by atoms with E-state index in [2.05, 4.69) is 31.9 Å². The Morgan fingerprint density at radius 2 is 1.80 bits per heavy atom. The lowest BCUT2D eigenvalue weighted by Gasteiger charge is -2.10. The molecule has 1 rings (SSSR count). The summed E-state index contributed by atoms with van der Waals surface area (Å²) in [5, 5.41) is 18.4. The van der Waals surface area contributed by atoms with E-state index in [-0.39, 0.29) is 22.6 Å². The molecule has 1 aromatic rings. The predicted molar refractivity (Wildman–Crippen MR) is 77.2 cm³/mol. The van der Waals surface area contributed by atoms with Gasteiger partial charge < -0.3 is 14.9 Å². The van der Waals surface area contributed by atoms with Crippen LogP contribution in [0.3, 0.4) is 0 Å². The zero-order chi connectivity index (χ0) is 15.3. The van der Waals surface area contributed by atoms with Crippen LogP contribution in [0.4, 0.5) is 0 Å². The zero-order valence-corrected chi connectivity index (χ0v) is 13.2. The molecule has 0 saturated carbocycles. The van der Waals surface area contributed by atoms with Crippen LogP contribution < -0.4 is 0 Å². The minimum Gasteiger partial charge on any atom is -0.478 e. The number of benzene rings is 1. The van der Waals surface area contributed by atoms with E-state index < -0.39 is 23.5 Å². The predicted octanol–water partition coefficient (Wildman–Crippen LogP) is 2.40. The fourth-order valence-electron chi connectivity index (χ4n) is 1.32. The van der Waals surface area contributed by atoms with Crippen LogP contribution in [0, 0.1) is 0 Å². The third-order valence-corrected chi connectivity index (χ3v) is 4.52. The normalized spacial score (nSPS) is 11.7. The first-order chi connectivity index (χ1) is 9.36. The molecule has 8 heteroatoms. The van der Waals surface area contributed by atoms with Gasteiger partial charge in [-0.2, -0.15) is 0 Å². The van der Waals surface area contributed by atoms with Crippen molar-refractivity contribution in [2.45, 2.75) is 4.83 Å². The quantitative estimate of drug-likeness (QED) is 0.552. The first-order valence-electron chi connectivity index (χ1n) is 5.34. The van der Waals surface area contributed by atoms with E-state index in [9.17, 15) is 14.4 Å². The summed E-state index contributed by atoms with van der Waals surface area (Å²) in [6.07, 6.45) is 0. The average molecular weight is 410 g/mol. The van der Waals surface area contributed by atoms with E-state index in [4.69, 9.17) is 14.9 Å². The van der Waals surface area contributed by atoms with Crippen molar-refractivity contribution in [1.29, 1.82) is 0 Å². The standard InChI is InChI=1S/C12H10Br2O6/c13-4-7(14)5-20-12(19)8-2-1-6(10(15)16)3-9(8)11(17)18/h1-3,7H,4-5H2,(H,15,16)(H,17,18). The van der Waals surface area contributed by atoms with Crippen molar-refractivity contribution in [2.75, 3.05) is 11.9 Å². The Labute approximate surface area is 131 Å². The number of hydrogen-bond acceptors (Lipinski definition) is 4. The van der Waals surface area contributed by atoms with E-state index >= 15 is 0 Å². The third-order valence-electron chi connectivity index (χ3n) is 2.28. The topological polar surface area (TPSA) is 101 Å². The molecule has 20 heavy (non-hydrogen) atoms. The highest BCUT2D eigenvalue weighted by Gasteiger charge is 2.20. The number of carbonyl (C=O) groups is 3. The molecular formula is C12H10Br2O6. The molecule has 0 spiro atoms. The zero-order valence-electron chi connectivity index (χ0n) is 10.0. The minimum atomic E-state index is -1.39. The molecule has 2 N–H and O–H groups in total. The van der Waals surface area contributed by atoms with Gasteiger partial charge in [-0.05, 0) is 18.2 Å². The number of rotatable bonds is 6. The molecule has 0 radical (unpaired) electrons. The van der Waals surface area contributed by atoms with Crippen LogP contribution in [0.5, 0.6) is 0 Å². The van der Waals surface area contributed by atoms with Gasteiger partial charge in [0.25, 0.3) is 0 Å². The number of alkyl halides is 2. The van der Waals surface area contributed by atoms with Crippen LogP contribution in [0.1, 0.15) is 31.1 Å². The van der Waals surface area contributed by atoms with Crippen LogP contribution in [-0.2, 0) is 4.74 Å². The summed E-state index contributed by atoms with van der Waals surface area (Å²) >= 11 is 6.42. The van der Waals surface area contributed by atoms with Crippen molar-refractivity contribution in [3.05, 3.63) is 34.9 Å². The number of carboxylic acid groups (broad SMARTS) is 2. The number of halogens is 2. The molecule has 0 heterocycles. The highest BCUT2D eigenvalue weighted by atomic mass is 79.9. The molecule has 0 aliphatic heterocycles. The van der Waals surface area contributed by atoms with E-state index in [1.165, 1.54) is 0 Å². The van der Waals surface area contributed by atoms with Gasteiger partial charge in [-0.1, -0.05) is 31.9 Å². The number of aromatic carboxylic acids is 2. The molecule has 108 valence electrons. The Morgan fingerprint density at radius 3 is 2.30 bits per heavy atom. The SMILES string of the molecule is O=C(O)c1ccc(C(=O)OCC(Br)CBr)c(C(=O)O)c1. The molecule has 0 amide bonds. The summed E-state index contributed by atoms with van der Waals surface area (Å²) in [6.45, 7) is 0.0593. The van der Waals surface area contributed by atoms with Crippen molar-refractivity contribution < 1.29 is 29.3 Å². The van der Waals surface area contributed by atoms with Gasteiger partial charge in [-0.15, -0.1) is 0 Å². The molecule has 6 nitrogen and oxygen atoms in total. The molecule has 1 aromatic carbocycles. The van der Waals surface area contributed by atoms with Crippen molar-refractivity contribution in [2.24, 2.45) is 0 Å². The lowest BCUT2D eigenvalue weighted by atomic mass is 10.0. The maximum Gasteiger partial charge on any atom is 0.339 e. The van der Waals surface area contributed by atoms with Crippen molar-refractivity contribution >= 4 is 49.8 Å². The molecule has 1 atom stereocenters. The van der Waals surface area contributed by atoms with Crippen molar-refractivity contribution in [1.82, 2.24) is 0 Å². The first-order valence-corrected chi connectivity index (χ1v) is 7.38. The molecule has 0 aliphatic carbocycles. The number of carboxylic acids is 2. The number of hydrogen-bond donors (Lipinski definition) is 2. The fourth-order valence-corrected chi connectivity index (χ4v) is 1.64. The highest BCUT2D eigenvalue weighted by molar-refractivity contribution is 9.12. The average Bonchev–Trinajstić information content (AvgIpc) is 2.43. The maximum absolute atomic E-state index is 11.8. The highest BCUT2D eigenvalue weighted by Crippen LogP contribution is 2.15. The molecule has 0 aliphatic rings. The fraction of sp³-hybridized carbons (Fsp3) is 0.250. The van der Waals surface area contributed by atoms with Gasteiger partial charge in [0, 0.05) is 5.33 Å². The summed E-state index contributed by atoms with van der Waals surface area (Å²) in [7, 11) is 0. The molecule has 1 unspecified atom stereocenters. The van der Waals surface area contributed by atoms with E-state index in [0.717, 1.165) is 18.2 Å². The van der Waals surface area contributed by atoms with Crippen LogP contribution in [-0.4, -0.2) is 44.9 Å². The smallest absolute Gasteiger partial charge is 0.339 e. The second-order valence-electron chi connectivity index (χ2n) is 3.72. The third kappa shape index (κ3) is 4.31. The molecule has 0 saturated heterocycles. The van der Waals surface area contributed by atoms with Crippen molar-refractivity contribution in [3.63, 3.8) is 0 Å². The molecule has 0 bridgehead atoms. The number of carbonyl (C=O) groups excluding carboxylic acids is 1. The van der Waals surface area contributed by atoms with Gasteiger partial charge in [0.15, 0.2) is 0 Å². The van der Waals surface area contributed by atoms with Gasteiger partial charge in [-0.3, -0.25) is 0 Å². The van der Waals surface area contributed by atoms with Gasteiger partial charge in [0.05, 0.1) is 21.5 Å². The summed E-state index contributed by atoms with van der Waals surface area (Å²) in [4.78, 5) is 33.6. The Morgan fingerprint density at radius 1 is 1.15 bits per heavy atom. The monoisotopic (exact) mass is 408 g/mol. The second-order valence-corrected chi connectivity index (χ2v) is 5.66. The van der Waals surface area contributed by atoms with Crippen LogP contribution in [0.2, 0.25) is 0 Å². The summed E-state index contributed by atoms with van der Waals surface area (Å²) < 4.78 is 4.95. The molecule has 0 aromatic heterocycles. The molecule has 0 fully saturated rings. The summed E-state index contributed by atoms with van der Waals surface area (Å²) in [5.74, 6) is -3.48. The van der Waals surface area contributed by atoms with Gasteiger partial charge >= 0.3 is 17.9 Å². The van der Waals surface area contributed by atoms with Gasteiger partial charge in [0.1, 0.15) is 6.61 Å². The van der Waals surface area contributed by atoms with Gasteiger partial charge in [0.2, 0.25) is 0 Å². The van der Waals surface area contributed by atoms with Crippen LogP contribution in [0.25, 0.3) is 0 Å². The Hall–Kier alpha value is -1.41. The van der Waals surface area contributed by atoms with E-state index in [1.807, 2.05) is 0 Å². The largest absolute Gasteiger partial charge is 0.478 e. The summed E-state index contributed by atoms with van der Waals surface area (Å²) in [6, 6.07) is 3.21.